The molecule has 1 aromatic carbocycles. The number of hydrogen-bond acceptors (Lipinski definition) is 5. The van der Waals surface area contributed by atoms with Gasteiger partial charge in [-0.15, -0.1) is 24.8 Å². The van der Waals surface area contributed by atoms with Gasteiger partial charge in [0.05, 0.1) is 11.8 Å². The summed E-state index contributed by atoms with van der Waals surface area (Å²) in [6.45, 7) is 7.43. The van der Waals surface area contributed by atoms with E-state index in [1.54, 1.807) is 11.2 Å². The van der Waals surface area contributed by atoms with E-state index in [0.29, 0.717) is 43.5 Å². The van der Waals surface area contributed by atoms with Crippen molar-refractivity contribution in [3.05, 3.63) is 34.9 Å². The zero-order chi connectivity index (χ0) is 24.0. The number of benzene rings is 1. The van der Waals surface area contributed by atoms with E-state index in [4.69, 9.17) is 17.3 Å². The summed E-state index contributed by atoms with van der Waals surface area (Å²) in [5, 5.41) is 0.667. The van der Waals surface area contributed by atoms with E-state index in [0.717, 1.165) is 31.5 Å². The number of amides is 1. The van der Waals surface area contributed by atoms with Crippen LogP contribution in [0.4, 0.5) is 0 Å². The minimum absolute atomic E-state index is 0. The summed E-state index contributed by atoms with van der Waals surface area (Å²) >= 11 is 5.95. The van der Waals surface area contributed by atoms with Crippen LogP contribution in [-0.2, 0) is 21.2 Å². The number of sulfonamides is 1. The summed E-state index contributed by atoms with van der Waals surface area (Å²) in [5.74, 6) is 0.623. The second-order valence-electron chi connectivity index (χ2n) is 9.26. The molecule has 1 aromatic rings. The molecule has 1 heterocycles. The van der Waals surface area contributed by atoms with E-state index < -0.39 is 16.1 Å². The maximum atomic E-state index is 13.0. The van der Waals surface area contributed by atoms with E-state index in [9.17, 15) is 13.2 Å². The van der Waals surface area contributed by atoms with E-state index in [-0.39, 0.29) is 42.5 Å². The Hall–Kier alpha value is -0.610. The van der Waals surface area contributed by atoms with Gasteiger partial charge in [-0.2, -0.15) is 0 Å². The van der Waals surface area contributed by atoms with Gasteiger partial charge in [-0.3, -0.25) is 9.69 Å². The molecule has 0 aromatic heterocycles. The van der Waals surface area contributed by atoms with Gasteiger partial charge in [0.25, 0.3) is 0 Å². The summed E-state index contributed by atoms with van der Waals surface area (Å²) in [5.41, 5.74) is 7.25. The van der Waals surface area contributed by atoms with Gasteiger partial charge in [-0.1, -0.05) is 43.5 Å². The highest BCUT2D eigenvalue weighted by Gasteiger charge is 2.36. The molecule has 1 aliphatic heterocycles. The summed E-state index contributed by atoms with van der Waals surface area (Å²) in [4.78, 5) is 17.2. The van der Waals surface area contributed by atoms with Gasteiger partial charge < -0.3 is 10.6 Å². The number of piperazine rings is 1. The van der Waals surface area contributed by atoms with Crippen LogP contribution in [0.3, 0.4) is 0 Å². The molecule has 35 heavy (non-hydrogen) atoms. The van der Waals surface area contributed by atoms with Crippen molar-refractivity contribution in [2.75, 3.05) is 45.0 Å². The van der Waals surface area contributed by atoms with Crippen LogP contribution in [0.15, 0.2) is 24.3 Å². The third-order valence-electron chi connectivity index (χ3n) is 7.23. The lowest BCUT2D eigenvalue weighted by molar-refractivity contribution is -0.134. The van der Waals surface area contributed by atoms with Crippen molar-refractivity contribution < 1.29 is 13.2 Å². The Labute approximate surface area is 228 Å². The van der Waals surface area contributed by atoms with Gasteiger partial charge in [0.15, 0.2) is 0 Å². The molecule has 2 N–H and O–H groups in total. The maximum absolute atomic E-state index is 13.0. The average molecular weight is 572 g/mol. The van der Waals surface area contributed by atoms with Gasteiger partial charge in [-0.25, -0.2) is 12.7 Å². The monoisotopic (exact) mass is 570 g/mol. The first-order valence-electron chi connectivity index (χ1n) is 12.3. The molecule has 1 saturated carbocycles. The molecule has 1 aliphatic carbocycles. The molecule has 11 heteroatoms. The predicted octanol–water partition coefficient (Wildman–Crippen LogP) is 3.43. The number of likely N-dealkylation sites (N-methyl/N-ethyl adjacent to an activating group) is 1. The minimum Gasteiger partial charge on any atom is -0.339 e. The van der Waals surface area contributed by atoms with Crippen LogP contribution in [0.2, 0.25) is 5.02 Å². The van der Waals surface area contributed by atoms with Crippen molar-refractivity contribution in [3.8, 4) is 0 Å². The first kappa shape index (κ1) is 32.4. The number of carbonyl (C=O) groups is 1. The predicted molar refractivity (Wildman–Crippen MR) is 148 cm³/mol. The van der Waals surface area contributed by atoms with E-state index in [1.165, 1.54) is 12.8 Å². The summed E-state index contributed by atoms with van der Waals surface area (Å²) in [7, 11) is -3.22. The molecule has 2 atom stereocenters. The molecule has 0 radical (unpaired) electrons. The van der Waals surface area contributed by atoms with Crippen molar-refractivity contribution >= 4 is 52.3 Å². The van der Waals surface area contributed by atoms with Crippen molar-refractivity contribution in [3.63, 3.8) is 0 Å². The van der Waals surface area contributed by atoms with Crippen molar-refractivity contribution in [2.45, 2.75) is 58.0 Å². The molecular weight excluding hydrogens is 531 g/mol. The van der Waals surface area contributed by atoms with Crippen LogP contribution >= 0.6 is 36.4 Å². The highest BCUT2D eigenvalue weighted by Crippen LogP contribution is 2.32. The first-order chi connectivity index (χ1) is 15.7. The molecule has 1 saturated heterocycles. The SMILES string of the molecule is CCN(CC(C1CCCC1)N1CCN(C(=O)C(N)Cc2ccc(Cl)cc2)CC1)S(=O)(=O)CC.Cl.Cl. The number of rotatable bonds is 10. The molecule has 0 bridgehead atoms. The van der Waals surface area contributed by atoms with E-state index in [1.807, 2.05) is 36.1 Å². The Bertz CT molecular complexity index is 875. The average Bonchev–Trinajstić information content (AvgIpc) is 3.35. The highest BCUT2D eigenvalue weighted by molar-refractivity contribution is 7.89. The zero-order valence-corrected chi connectivity index (χ0v) is 24.0. The van der Waals surface area contributed by atoms with Crippen molar-refractivity contribution in [2.24, 2.45) is 11.7 Å². The molecule has 3 rings (SSSR count). The number of hydrogen-bond donors (Lipinski definition) is 1. The summed E-state index contributed by atoms with van der Waals surface area (Å²) < 4.78 is 26.8. The topological polar surface area (TPSA) is 86.9 Å². The molecular formula is C24H41Cl3N4O3S. The van der Waals surface area contributed by atoms with Gasteiger partial charge in [-0.05, 0) is 49.8 Å². The number of halogens is 3. The van der Waals surface area contributed by atoms with E-state index >= 15 is 0 Å². The van der Waals surface area contributed by atoms with Crippen LogP contribution in [0.5, 0.6) is 0 Å². The third-order valence-corrected chi connectivity index (χ3v) is 9.40. The molecule has 2 unspecified atom stereocenters. The number of nitrogens with zero attached hydrogens (tertiary/aromatic N) is 3. The van der Waals surface area contributed by atoms with Crippen LogP contribution in [0, 0.1) is 5.92 Å². The smallest absolute Gasteiger partial charge is 0.239 e. The lowest BCUT2D eigenvalue weighted by Gasteiger charge is -2.43. The molecule has 2 aliphatic rings. The zero-order valence-electron chi connectivity index (χ0n) is 20.8. The maximum Gasteiger partial charge on any atom is 0.239 e. The minimum atomic E-state index is -3.22. The Morgan fingerprint density at radius 1 is 1.09 bits per heavy atom. The standard InChI is InChI=1S/C24H39ClN4O3S.2ClH/c1-3-29(33(31,32)4-2)18-23(20-7-5-6-8-20)27-13-15-28(16-14-27)24(30)22(26)17-19-9-11-21(25)12-10-19;;/h9-12,20,22-23H,3-8,13-18,26H2,1-2H3;2*1H. The van der Waals surface area contributed by atoms with Crippen LogP contribution in [0.25, 0.3) is 0 Å². The van der Waals surface area contributed by atoms with Crippen molar-refractivity contribution in [1.82, 2.24) is 14.1 Å². The Morgan fingerprint density at radius 3 is 2.17 bits per heavy atom. The Kier molecular flexibility index (Phi) is 13.9. The largest absolute Gasteiger partial charge is 0.339 e. The second-order valence-corrected chi connectivity index (χ2v) is 12.0. The molecule has 202 valence electrons. The summed E-state index contributed by atoms with van der Waals surface area (Å²) in [6, 6.07) is 7.07. The first-order valence-corrected chi connectivity index (χ1v) is 14.2. The lowest BCUT2D eigenvalue weighted by Crippen LogP contribution is -2.58. The summed E-state index contributed by atoms with van der Waals surface area (Å²) in [6.07, 6.45) is 5.22. The Morgan fingerprint density at radius 2 is 1.66 bits per heavy atom. The molecule has 7 nitrogen and oxygen atoms in total. The second kappa shape index (κ2) is 15.0. The van der Waals surface area contributed by atoms with Crippen LogP contribution < -0.4 is 5.73 Å². The van der Waals surface area contributed by atoms with Gasteiger partial charge in [0.2, 0.25) is 15.9 Å². The highest BCUT2D eigenvalue weighted by atomic mass is 35.5. The lowest BCUT2D eigenvalue weighted by atomic mass is 9.95. The molecule has 1 amide bonds. The number of carbonyl (C=O) groups excluding carboxylic acids is 1. The van der Waals surface area contributed by atoms with Gasteiger partial charge >= 0.3 is 0 Å². The van der Waals surface area contributed by atoms with E-state index in [2.05, 4.69) is 4.90 Å². The van der Waals surface area contributed by atoms with Crippen LogP contribution in [-0.4, -0.2) is 85.5 Å². The normalized spacial score (nSPS) is 19.2. The Balaban J connectivity index is 0.00000306. The van der Waals surface area contributed by atoms with Gasteiger partial charge in [0.1, 0.15) is 0 Å². The fourth-order valence-electron chi connectivity index (χ4n) is 5.21. The number of nitrogens with two attached hydrogens (primary N) is 1. The quantitative estimate of drug-likeness (QED) is 0.465. The molecule has 0 spiro atoms. The molecule has 2 fully saturated rings. The third kappa shape index (κ3) is 8.73. The van der Waals surface area contributed by atoms with Gasteiger partial charge in [0, 0.05) is 50.3 Å². The fraction of sp³-hybridized carbons (Fsp3) is 0.708. The van der Waals surface area contributed by atoms with Crippen molar-refractivity contribution in [1.29, 1.82) is 0 Å². The van der Waals surface area contributed by atoms with Crippen LogP contribution in [0.1, 0.15) is 45.1 Å². The fourth-order valence-corrected chi connectivity index (χ4v) is 6.47.